The van der Waals surface area contributed by atoms with Gasteiger partial charge in [0.15, 0.2) is 0 Å². The van der Waals surface area contributed by atoms with Crippen LogP contribution in [0.25, 0.3) is 0 Å². The summed E-state index contributed by atoms with van der Waals surface area (Å²) in [6.07, 6.45) is 0. The van der Waals surface area contributed by atoms with Crippen LogP contribution < -0.4 is 10.6 Å². The van der Waals surface area contributed by atoms with Crippen LogP contribution in [0.5, 0.6) is 0 Å². The number of benzene rings is 1. The summed E-state index contributed by atoms with van der Waals surface area (Å²) in [7, 11) is 1.72. The van der Waals surface area contributed by atoms with Crippen LogP contribution in [-0.4, -0.2) is 35.4 Å². The number of nitrogens with zero attached hydrogens (tertiary/aromatic N) is 1. The van der Waals surface area contributed by atoms with Gasteiger partial charge in [0.1, 0.15) is 0 Å². The Hall–Kier alpha value is -1.75. The second kappa shape index (κ2) is 4.63. The fraction of sp³-hybridized carbons (Fsp3) is 0.417. The zero-order valence-electron chi connectivity index (χ0n) is 10.3. The highest BCUT2D eigenvalue weighted by Crippen LogP contribution is 2.31. The number of carboxylic acid groups (broad SMARTS) is 1. The number of anilines is 2. The molecule has 1 aromatic carbocycles. The van der Waals surface area contributed by atoms with E-state index in [2.05, 4.69) is 0 Å². The summed E-state index contributed by atoms with van der Waals surface area (Å²) in [6, 6.07) is 4.74. The fourth-order valence-corrected chi connectivity index (χ4v) is 1.52. The number of carbonyl (C=O) groups is 1. The van der Waals surface area contributed by atoms with Gasteiger partial charge in [-0.1, -0.05) is 6.07 Å². The first-order chi connectivity index (χ1) is 7.81. The molecule has 5 heteroatoms. The molecule has 0 unspecified atom stereocenters. The first-order valence-electron chi connectivity index (χ1n) is 5.27. The number of aliphatic hydroxyl groups is 1. The van der Waals surface area contributed by atoms with Gasteiger partial charge in [0.2, 0.25) is 0 Å². The van der Waals surface area contributed by atoms with E-state index in [0.717, 1.165) is 0 Å². The zero-order chi connectivity index (χ0) is 13.2. The summed E-state index contributed by atoms with van der Waals surface area (Å²) in [5.41, 5.74) is 6.19. The van der Waals surface area contributed by atoms with E-state index in [0.29, 0.717) is 11.4 Å². The largest absolute Gasteiger partial charge is 0.478 e. The Labute approximate surface area is 100 Å². The minimum absolute atomic E-state index is 0.100. The van der Waals surface area contributed by atoms with Gasteiger partial charge >= 0.3 is 5.97 Å². The van der Waals surface area contributed by atoms with Crippen molar-refractivity contribution in [1.29, 1.82) is 0 Å². The standard InChI is InChI=1S/C12H18N2O3/c1-12(2,7-15)14(3)10-8(11(16)17)5-4-6-9(10)13/h4-6,15H,7,13H2,1-3H3,(H,16,17). The monoisotopic (exact) mass is 238 g/mol. The smallest absolute Gasteiger partial charge is 0.337 e. The van der Waals surface area contributed by atoms with Crippen molar-refractivity contribution in [3.05, 3.63) is 23.8 Å². The van der Waals surface area contributed by atoms with Gasteiger partial charge in [-0.15, -0.1) is 0 Å². The quantitative estimate of drug-likeness (QED) is 0.685. The molecule has 0 aromatic heterocycles. The number of hydrogen-bond donors (Lipinski definition) is 3. The van der Waals surface area contributed by atoms with Crippen molar-refractivity contribution in [2.75, 3.05) is 24.3 Å². The Balaban J connectivity index is 3.34. The van der Waals surface area contributed by atoms with E-state index in [-0.39, 0.29) is 12.2 Å². The highest BCUT2D eigenvalue weighted by atomic mass is 16.4. The highest BCUT2D eigenvalue weighted by molar-refractivity contribution is 5.98. The molecule has 0 aliphatic carbocycles. The number of carboxylic acids is 1. The first kappa shape index (κ1) is 13.3. The van der Waals surface area contributed by atoms with Crippen molar-refractivity contribution in [2.24, 2.45) is 0 Å². The van der Waals surface area contributed by atoms with Crippen LogP contribution in [0.1, 0.15) is 24.2 Å². The topological polar surface area (TPSA) is 86.8 Å². The predicted octanol–water partition coefficient (Wildman–Crippen LogP) is 1.17. The molecular weight excluding hydrogens is 220 g/mol. The summed E-state index contributed by atoms with van der Waals surface area (Å²) in [5.74, 6) is -1.03. The second-order valence-corrected chi connectivity index (χ2v) is 4.58. The minimum atomic E-state index is -1.03. The van der Waals surface area contributed by atoms with E-state index in [9.17, 15) is 9.90 Å². The van der Waals surface area contributed by atoms with Gasteiger partial charge in [0, 0.05) is 7.05 Å². The molecule has 4 N–H and O–H groups in total. The minimum Gasteiger partial charge on any atom is -0.478 e. The van der Waals surface area contributed by atoms with Crippen molar-refractivity contribution in [3.8, 4) is 0 Å². The SMILES string of the molecule is CN(c1c(N)cccc1C(=O)O)C(C)(C)CO. The van der Waals surface area contributed by atoms with Crippen LogP contribution in [-0.2, 0) is 0 Å². The van der Waals surface area contributed by atoms with E-state index < -0.39 is 11.5 Å². The molecular formula is C12H18N2O3. The lowest BCUT2D eigenvalue weighted by Crippen LogP contribution is -2.45. The van der Waals surface area contributed by atoms with Crippen LogP contribution in [0.2, 0.25) is 0 Å². The second-order valence-electron chi connectivity index (χ2n) is 4.58. The van der Waals surface area contributed by atoms with Crippen molar-refractivity contribution in [1.82, 2.24) is 0 Å². The van der Waals surface area contributed by atoms with Crippen LogP contribution in [0, 0.1) is 0 Å². The van der Waals surface area contributed by atoms with E-state index in [1.165, 1.54) is 6.07 Å². The highest BCUT2D eigenvalue weighted by Gasteiger charge is 2.27. The molecule has 1 rings (SSSR count). The molecule has 0 amide bonds. The molecule has 1 aromatic rings. The Kier molecular flexibility index (Phi) is 3.63. The van der Waals surface area contributed by atoms with Crippen LogP contribution in [0.3, 0.4) is 0 Å². The number of rotatable bonds is 4. The van der Waals surface area contributed by atoms with Gasteiger partial charge in [-0.05, 0) is 26.0 Å². The lowest BCUT2D eigenvalue weighted by molar-refractivity contribution is 0.0697. The van der Waals surface area contributed by atoms with E-state index in [1.54, 1.807) is 24.1 Å². The molecule has 94 valence electrons. The Morgan fingerprint density at radius 2 is 2.06 bits per heavy atom. The average molecular weight is 238 g/mol. The average Bonchev–Trinajstić information content (AvgIpc) is 2.27. The lowest BCUT2D eigenvalue weighted by Gasteiger charge is -2.37. The maximum absolute atomic E-state index is 11.1. The molecule has 17 heavy (non-hydrogen) atoms. The molecule has 5 nitrogen and oxygen atoms in total. The Morgan fingerprint density at radius 1 is 1.47 bits per heavy atom. The molecule has 0 aliphatic heterocycles. The number of hydrogen-bond acceptors (Lipinski definition) is 4. The van der Waals surface area contributed by atoms with Gasteiger partial charge < -0.3 is 20.8 Å². The molecule has 0 spiro atoms. The Morgan fingerprint density at radius 3 is 2.53 bits per heavy atom. The third-order valence-electron chi connectivity index (χ3n) is 2.93. The number of aliphatic hydroxyl groups excluding tert-OH is 1. The van der Waals surface area contributed by atoms with E-state index in [1.807, 2.05) is 13.8 Å². The van der Waals surface area contributed by atoms with E-state index >= 15 is 0 Å². The normalized spacial score (nSPS) is 11.3. The predicted molar refractivity (Wildman–Crippen MR) is 67.4 cm³/mol. The molecule has 0 saturated carbocycles. The third kappa shape index (κ3) is 2.50. The lowest BCUT2D eigenvalue weighted by atomic mass is 10.0. The van der Waals surface area contributed by atoms with Gasteiger partial charge in [0.05, 0.1) is 29.1 Å². The van der Waals surface area contributed by atoms with Crippen molar-refractivity contribution >= 4 is 17.3 Å². The molecule has 0 saturated heterocycles. The summed E-state index contributed by atoms with van der Waals surface area (Å²) < 4.78 is 0. The van der Waals surface area contributed by atoms with Gasteiger partial charge in [-0.3, -0.25) is 0 Å². The zero-order valence-corrected chi connectivity index (χ0v) is 10.3. The molecule has 0 bridgehead atoms. The summed E-state index contributed by atoms with van der Waals surface area (Å²) in [5, 5.41) is 18.4. The molecule has 0 fully saturated rings. The fourth-order valence-electron chi connectivity index (χ4n) is 1.52. The van der Waals surface area contributed by atoms with Crippen LogP contribution in [0.4, 0.5) is 11.4 Å². The first-order valence-corrected chi connectivity index (χ1v) is 5.27. The molecule has 0 radical (unpaired) electrons. The summed E-state index contributed by atoms with van der Waals surface area (Å²) in [4.78, 5) is 12.8. The van der Waals surface area contributed by atoms with E-state index in [4.69, 9.17) is 10.8 Å². The van der Waals surface area contributed by atoms with Crippen molar-refractivity contribution in [3.63, 3.8) is 0 Å². The number of aromatic carboxylic acids is 1. The van der Waals surface area contributed by atoms with Gasteiger partial charge in [-0.2, -0.15) is 0 Å². The van der Waals surface area contributed by atoms with Crippen LogP contribution in [0.15, 0.2) is 18.2 Å². The summed E-state index contributed by atoms with van der Waals surface area (Å²) in [6.45, 7) is 3.52. The van der Waals surface area contributed by atoms with Crippen molar-refractivity contribution < 1.29 is 15.0 Å². The Bertz CT molecular complexity index is 430. The third-order valence-corrected chi connectivity index (χ3v) is 2.93. The molecule has 0 heterocycles. The number of nitrogen functional groups attached to an aromatic ring is 1. The maximum Gasteiger partial charge on any atom is 0.337 e. The van der Waals surface area contributed by atoms with Crippen LogP contribution >= 0.6 is 0 Å². The molecule has 0 aliphatic rings. The van der Waals surface area contributed by atoms with Gasteiger partial charge in [-0.25, -0.2) is 4.79 Å². The van der Waals surface area contributed by atoms with Crippen molar-refractivity contribution in [2.45, 2.75) is 19.4 Å². The number of likely N-dealkylation sites (N-methyl/N-ethyl adjacent to an activating group) is 1. The maximum atomic E-state index is 11.1. The summed E-state index contributed by atoms with van der Waals surface area (Å²) >= 11 is 0. The number of para-hydroxylation sites is 1. The number of nitrogens with two attached hydrogens (primary N) is 1. The van der Waals surface area contributed by atoms with Gasteiger partial charge in [0.25, 0.3) is 0 Å². The molecule has 0 atom stereocenters.